The summed E-state index contributed by atoms with van der Waals surface area (Å²) in [6.07, 6.45) is 0.280. The molecule has 5 heteroatoms. The van der Waals surface area contributed by atoms with Crippen molar-refractivity contribution in [2.45, 2.75) is 13.3 Å². The van der Waals surface area contributed by atoms with Gasteiger partial charge >= 0.3 is 6.09 Å². The summed E-state index contributed by atoms with van der Waals surface area (Å²) in [5, 5.41) is 2.68. The number of nitrogens with zero attached hydrogens (tertiary/aromatic N) is 1. The van der Waals surface area contributed by atoms with Crippen LogP contribution >= 0.6 is 0 Å². The molecule has 2 aromatic rings. The lowest BCUT2D eigenvalue weighted by atomic mass is 10.1. The summed E-state index contributed by atoms with van der Waals surface area (Å²) < 4.78 is 5.18. The van der Waals surface area contributed by atoms with Gasteiger partial charge in [-0.3, -0.25) is 10.1 Å². The highest BCUT2D eigenvalue weighted by molar-refractivity contribution is 5.95. The Hall–Kier alpha value is -2.82. The second-order valence-electron chi connectivity index (χ2n) is 5.09. The Morgan fingerprint density at radius 2 is 1.91 bits per heavy atom. The molecule has 0 bridgehead atoms. The normalized spacial score (nSPS) is 12.7. The summed E-state index contributed by atoms with van der Waals surface area (Å²) in [7, 11) is 0. The van der Waals surface area contributed by atoms with E-state index in [9.17, 15) is 9.59 Å². The van der Waals surface area contributed by atoms with E-state index in [2.05, 4.69) is 5.32 Å². The van der Waals surface area contributed by atoms with Crippen LogP contribution in [-0.2, 0) is 11.2 Å². The van der Waals surface area contributed by atoms with Gasteiger partial charge in [-0.15, -0.1) is 0 Å². The molecule has 0 saturated heterocycles. The topological polar surface area (TPSA) is 58.6 Å². The molecule has 1 aliphatic heterocycles. The second kappa shape index (κ2) is 5.89. The van der Waals surface area contributed by atoms with Gasteiger partial charge in [-0.05, 0) is 36.2 Å². The van der Waals surface area contributed by atoms with Crippen molar-refractivity contribution in [3.63, 3.8) is 0 Å². The molecule has 0 atom stereocenters. The zero-order valence-corrected chi connectivity index (χ0v) is 12.2. The smallest absolute Gasteiger partial charge is 0.410 e. The predicted molar refractivity (Wildman–Crippen MR) is 84.3 cm³/mol. The Morgan fingerprint density at radius 3 is 2.64 bits per heavy atom. The molecule has 0 spiro atoms. The van der Waals surface area contributed by atoms with Crippen molar-refractivity contribution in [2.24, 2.45) is 0 Å². The molecule has 0 aromatic heterocycles. The lowest BCUT2D eigenvalue weighted by Crippen LogP contribution is -2.26. The van der Waals surface area contributed by atoms with Crippen LogP contribution in [0.15, 0.2) is 48.5 Å². The number of hydrogen-bond acceptors (Lipinski definition) is 3. The lowest BCUT2D eigenvalue weighted by Gasteiger charge is -2.15. The van der Waals surface area contributed by atoms with Gasteiger partial charge in [0.05, 0.1) is 0 Å². The fourth-order valence-electron chi connectivity index (χ4n) is 2.52. The molecule has 112 valence electrons. The van der Waals surface area contributed by atoms with Gasteiger partial charge in [0, 0.05) is 24.8 Å². The third-order valence-corrected chi connectivity index (χ3v) is 3.56. The van der Waals surface area contributed by atoms with Crippen molar-refractivity contribution in [1.82, 2.24) is 0 Å². The number of benzene rings is 2. The van der Waals surface area contributed by atoms with Crippen LogP contribution in [0.3, 0.4) is 0 Å². The van der Waals surface area contributed by atoms with Crippen LogP contribution in [0.1, 0.15) is 12.5 Å². The Balaban J connectivity index is 1.72. The average molecular weight is 296 g/mol. The number of rotatable bonds is 2. The molecule has 0 radical (unpaired) electrons. The average Bonchev–Trinajstić information content (AvgIpc) is 2.91. The van der Waals surface area contributed by atoms with Crippen LogP contribution in [0, 0.1) is 0 Å². The number of amides is 2. The minimum absolute atomic E-state index is 0.00256. The van der Waals surface area contributed by atoms with E-state index in [0.29, 0.717) is 18.0 Å². The van der Waals surface area contributed by atoms with Crippen molar-refractivity contribution in [2.75, 3.05) is 16.8 Å². The van der Waals surface area contributed by atoms with Gasteiger partial charge in [-0.1, -0.05) is 24.3 Å². The SMILES string of the molecule is CC(=O)N1CCc2ccc(NC(=O)Oc3ccccc3)cc21. The maximum Gasteiger partial charge on any atom is 0.417 e. The van der Waals surface area contributed by atoms with Gasteiger partial charge in [-0.25, -0.2) is 4.79 Å². The molecule has 22 heavy (non-hydrogen) atoms. The molecule has 5 nitrogen and oxygen atoms in total. The highest BCUT2D eigenvalue weighted by atomic mass is 16.6. The van der Waals surface area contributed by atoms with Crippen molar-refractivity contribution < 1.29 is 14.3 Å². The fourth-order valence-corrected chi connectivity index (χ4v) is 2.52. The molecule has 1 N–H and O–H groups in total. The molecule has 1 aliphatic rings. The monoisotopic (exact) mass is 296 g/mol. The van der Waals surface area contributed by atoms with Crippen LogP contribution < -0.4 is 15.0 Å². The quantitative estimate of drug-likeness (QED) is 0.925. The van der Waals surface area contributed by atoms with Crippen LogP contribution in [-0.4, -0.2) is 18.5 Å². The van der Waals surface area contributed by atoms with E-state index in [1.807, 2.05) is 18.2 Å². The van der Waals surface area contributed by atoms with Crippen LogP contribution in [0.4, 0.5) is 16.2 Å². The first-order valence-electron chi connectivity index (χ1n) is 7.08. The molecule has 0 saturated carbocycles. The van der Waals surface area contributed by atoms with Gasteiger partial charge in [0.2, 0.25) is 5.91 Å². The lowest BCUT2D eigenvalue weighted by molar-refractivity contribution is -0.116. The number of fused-ring (bicyclic) bond motifs is 1. The maximum absolute atomic E-state index is 11.9. The molecule has 0 fully saturated rings. The molecule has 2 amide bonds. The number of carbonyl (C=O) groups excluding carboxylic acids is 2. The molecular formula is C17H16N2O3. The Morgan fingerprint density at radius 1 is 1.14 bits per heavy atom. The van der Waals surface area contributed by atoms with Gasteiger partial charge in [0.15, 0.2) is 0 Å². The van der Waals surface area contributed by atoms with Crippen molar-refractivity contribution in [1.29, 1.82) is 0 Å². The summed E-state index contributed by atoms with van der Waals surface area (Å²) in [6, 6.07) is 14.4. The highest BCUT2D eigenvalue weighted by Gasteiger charge is 2.22. The molecular weight excluding hydrogens is 280 g/mol. The zero-order valence-electron chi connectivity index (χ0n) is 12.2. The van der Waals surface area contributed by atoms with Gasteiger partial charge < -0.3 is 9.64 Å². The Kier molecular flexibility index (Phi) is 3.78. The summed E-state index contributed by atoms with van der Waals surface area (Å²) in [4.78, 5) is 25.2. The molecule has 3 rings (SSSR count). The third kappa shape index (κ3) is 2.93. The van der Waals surface area contributed by atoms with E-state index in [4.69, 9.17) is 4.74 Å². The summed E-state index contributed by atoms with van der Waals surface area (Å²) >= 11 is 0. The Bertz CT molecular complexity index is 713. The number of nitrogens with one attached hydrogen (secondary N) is 1. The van der Waals surface area contributed by atoms with Gasteiger partial charge in [0.1, 0.15) is 5.75 Å². The van der Waals surface area contributed by atoms with E-state index in [1.54, 1.807) is 42.2 Å². The standard InChI is InChI=1S/C17H16N2O3/c1-12(20)19-10-9-13-7-8-14(11-16(13)19)18-17(21)22-15-5-3-2-4-6-15/h2-8,11H,9-10H2,1H3,(H,18,21). The number of hydrogen-bond donors (Lipinski definition) is 1. The van der Waals surface area contributed by atoms with E-state index in [0.717, 1.165) is 17.7 Å². The number of para-hydroxylation sites is 1. The third-order valence-electron chi connectivity index (χ3n) is 3.56. The number of anilines is 2. The number of carbonyl (C=O) groups is 2. The fraction of sp³-hybridized carbons (Fsp3) is 0.176. The summed E-state index contributed by atoms with van der Waals surface area (Å²) in [6.45, 7) is 2.22. The van der Waals surface area contributed by atoms with Crippen molar-refractivity contribution >= 4 is 23.4 Å². The largest absolute Gasteiger partial charge is 0.417 e. The van der Waals surface area contributed by atoms with Crippen LogP contribution in [0.2, 0.25) is 0 Å². The van der Waals surface area contributed by atoms with E-state index < -0.39 is 6.09 Å². The Labute approximate surface area is 128 Å². The van der Waals surface area contributed by atoms with E-state index >= 15 is 0 Å². The first-order valence-corrected chi connectivity index (χ1v) is 7.08. The zero-order chi connectivity index (χ0) is 15.5. The number of ether oxygens (including phenoxy) is 1. The second-order valence-corrected chi connectivity index (χ2v) is 5.09. The first kappa shape index (κ1) is 14.1. The molecule has 0 aliphatic carbocycles. The highest BCUT2D eigenvalue weighted by Crippen LogP contribution is 2.30. The van der Waals surface area contributed by atoms with E-state index in [-0.39, 0.29) is 5.91 Å². The summed E-state index contributed by atoms with van der Waals surface area (Å²) in [5.74, 6) is 0.481. The summed E-state index contributed by atoms with van der Waals surface area (Å²) in [5.41, 5.74) is 2.56. The molecule has 0 unspecified atom stereocenters. The minimum Gasteiger partial charge on any atom is -0.410 e. The molecule has 1 heterocycles. The van der Waals surface area contributed by atoms with Crippen LogP contribution in [0.5, 0.6) is 5.75 Å². The van der Waals surface area contributed by atoms with E-state index in [1.165, 1.54) is 0 Å². The van der Waals surface area contributed by atoms with Crippen molar-refractivity contribution in [3.8, 4) is 5.75 Å². The minimum atomic E-state index is -0.557. The predicted octanol–water partition coefficient (Wildman–Crippen LogP) is 3.21. The van der Waals surface area contributed by atoms with Gasteiger partial charge in [0.25, 0.3) is 0 Å². The van der Waals surface area contributed by atoms with Gasteiger partial charge in [-0.2, -0.15) is 0 Å². The van der Waals surface area contributed by atoms with Crippen LogP contribution in [0.25, 0.3) is 0 Å². The maximum atomic E-state index is 11.9. The molecule has 2 aromatic carbocycles. The first-order chi connectivity index (χ1) is 10.6. The van der Waals surface area contributed by atoms with Crippen molar-refractivity contribution in [3.05, 3.63) is 54.1 Å².